The third-order valence-electron chi connectivity index (χ3n) is 4.56. The Kier molecular flexibility index (Phi) is 4.11. The van der Waals surface area contributed by atoms with Crippen molar-refractivity contribution in [1.82, 2.24) is 4.90 Å². The molecule has 1 atom stereocenters. The van der Waals surface area contributed by atoms with Crippen molar-refractivity contribution < 1.29 is 0 Å². The lowest BCUT2D eigenvalue weighted by Crippen LogP contribution is -2.29. The lowest BCUT2D eigenvalue weighted by atomic mass is 10.1. The molecular weight excluding hydrogens is 244 g/mol. The SMILES string of the molecule is C=C1CC(C)CN1c1ccc(CN2CCCCC2)cc1. The third kappa shape index (κ3) is 3.06. The minimum atomic E-state index is 0.732. The summed E-state index contributed by atoms with van der Waals surface area (Å²) >= 11 is 0. The van der Waals surface area contributed by atoms with Crippen LogP contribution in [0.25, 0.3) is 0 Å². The molecule has 0 N–H and O–H groups in total. The molecule has 0 bridgehead atoms. The molecule has 1 aromatic rings. The van der Waals surface area contributed by atoms with E-state index in [-0.39, 0.29) is 0 Å². The number of likely N-dealkylation sites (tertiary alicyclic amines) is 1. The molecule has 1 unspecified atom stereocenters. The zero-order valence-corrected chi connectivity index (χ0v) is 12.6. The molecule has 3 rings (SSSR count). The average molecular weight is 270 g/mol. The van der Waals surface area contributed by atoms with Gasteiger partial charge >= 0.3 is 0 Å². The molecule has 2 aliphatic rings. The number of hydrogen-bond acceptors (Lipinski definition) is 2. The molecular formula is C18H26N2. The summed E-state index contributed by atoms with van der Waals surface area (Å²) in [6, 6.07) is 9.12. The minimum Gasteiger partial charge on any atom is -0.345 e. The predicted octanol–water partition coefficient (Wildman–Crippen LogP) is 4.03. The number of rotatable bonds is 3. The van der Waals surface area contributed by atoms with Gasteiger partial charge in [0.05, 0.1) is 0 Å². The van der Waals surface area contributed by atoms with Crippen molar-refractivity contribution >= 4 is 5.69 Å². The molecule has 108 valence electrons. The van der Waals surface area contributed by atoms with Crippen molar-refractivity contribution in [1.29, 1.82) is 0 Å². The van der Waals surface area contributed by atoms with Gasteiger partial charge in [0.15, 0.2) is 0 Å². The Bertz CT molecular complexity index is 457. The van der Waals surface area contributed by atoms with Gasteiger partial charge in [-0.2, -0.15) is 0 Å². The van der Waals surface area contributed by atoms with Gasteiger partial charge in [-0.3, -0.25) is 4.90 Å². The Morgan fingerprint density at radius 3 is 2.40 bits per heavy atom. The average Bonchev–Trinajstić information content (AvgIpc) is 2.80. The maximum Gasteiger partial charge on any atom is 0.0408 e. The van der Waals surface area contributed by atoms with Crippen molar-refractivity contribution in [2.45, 2.75) is 39.2 Å². The van der Waals surface area contributed by atoms with E-state index in [9.17, 15) is 0 Å². The van der Waals surface area contributed by atoms with Gasteiger partial charge in [-0.1, -0.05) is 32.1 Å². The number of hydrogen-bond donors (Lipinski definition) is 0. The largest absolute Gasteiger partial charge is 0.345 e. The van der Waals surface area contributed by atoms with Gasteiger partial charge in [0.25, 0.3) is 0 Å². The van der Waals surface area contributed by atoms with E-state index in [1.807, 2.05) is 0 Å². The molecule has 1 aromatic carbocycles. The molecule has 2 heterocycles. The van der Waals surface area contributed by atoms with E-state index in [0.29, 0.717) is 0 Å². The van der Waals surface area contributed by atoms with Crippen LogP contribution in [0.4, 0.5) is 5.69 Å². The van der Waals surface area contributed by atoms with E-state index in [2.05, 4.69) is 47.6 Å². The van der Waals surface area contributed by atoms with Gasteiger partial charge in [0.2, 0.25) is 0 Å². The maximum absolute atomic E-state index is 4.20. The van der Waals surface area contributed by atoms with Gasteiger partial charge in [-0.15, -0.1) is 0 Å². The molecule has 0 aromatic heterocycles. The number of allylic oxidation sites excluding steroid dienone is 1. The molecule has 0 spiro atoms. The van der Waals surface area contributed by atoms with Gasteiger partial charge < -0.3 is 4.90 Å². The predicted molar refractivity (Wildman–Crippen MR) is 85.8 cm³/mol. The summed E-state index contributed by atoms with van der Waals surface area (Å²) in [5.74, 6) is 0.732. The van der Waals surface area contributed by atoms with Crippen LogP contribution < -0.4 is 4.90 Å². The smallest absolute Gasteiger partial charge is 0.0408 e. The first-order valence-electron chi connectivity index (χ1n) is 7.99. The van der Waals surface area contributed by atoms with Crippen LogP contribution in [0.1, 0.15) is 38.2 Å². The second-order valence-electron chi connectivity index (χ2n) is 6.49. The van der Waals surface area contributed by atoms with Crippen LogP contribution in [0.3, 0.4) is 0 Å². The Labute approximate surface area is 123 Å². The normalized spacial score (nSPS) is 24.4. The monoisotopic (exact) mass is 270 g/mol. The maximum atomic E-state index is 4.20. The Morgan fingerprint density at radius 2 is 1.80 bits per heavy atom. The first kappa shape index (κ1) is 13.7. The fourth-order valence-corrected chi connectivity index (χ4v) is 3.46. The van der Waals surface area contributed by atoms with Crippen molar-refractivity contribution in [2.75, 3.05) is 24.5 Å². The Balaban J connectivity index is 1.63. The fourth-order valence-electron chi connectivity index (χ4n) is 3.46. The molecule has 2 nitrogen and oxygen atoms in total. The van der Waals surface area contributed by atoms with E-state index in [1.165, 1.54) is 49.3 Å². The van der Waals surface area contributed by atoms with E-state index in [1.54, 1.807) is 0 Å². The second-order valence-corrected chi connectivity index (χ2v) is 6.49. The first-order chi connectivity index (χ1) is 9.72. The standard InChI is InChI=1S/C18H26N2/c1-15-12-16(2)20(13-15)18-8-6-17(7-9-18)14-19-10-4-3-5-11-19/h6-9,15H,2-5,10-14H2,1H3. The minimum absolute atomic E-state index is 0.732. The van der Waals surface area contributed by atoms with Crippen LogP contribution in [-0.4, -0.2) is 24.5 Å². The molecule has 0 amide bonds. The number of benzene rings is 1. The Morgan fingerprint density at radius 1 is 1.10 bits per heavy atom. The summed E-state index contributed by atoms with van der Waals surface area (Å²) < 4.78 is 0. The highest BCUT2D eigenvalue weighted by Gasteiger charge is 2.22. The summed E-state index contributed by atoms with van der Waals surface area (Å²) in [5, 5.41) is 0. The highest BCUT2D eigenvalue weighted by atomic mass is 15.2. The molecule has 2 aliphatic heterocycles. The summed E-state index contributed by atoms with van der Waals surface area (Å²) in [5.41, 5.74) is 4.01. The number of nitrogens with zero attached hydrogens (tertiary/aromatic N) is 2. The summed E-state index contributed by atoms with van der Waals surface area (Å²) in [4.78, 5) is 4.95. The quantitative estimate of drug-likeness (QED) is 0.818. The molecule has 2 fully saturated rings. The van der Waals surface area contributed by atoms with E-state index >= 15 is 0 Å². The second kappa shape index (κ2) is 6.01. The van der Waals surface area contributed by atoms with E-state index in [4.69, 9.17) is 0 Å². The number of anilines is 1. The van der Waals surface area contributed by atoms with Crippen LogP contribution in [-0.2, 0) is 6.54 Å². The lowest BCUT2D eigenvalue weighted by Gasteiger charge is -2.26. The molecule has 0 radical (unpaired) electrons. The molecule has 0 aliphatic carbocycles. The Hall–Kier alpha value is -1.28. The van der Waals surface area contributed by atoms with Gasteiger partial charge in [-0.05, 0) is 56.0 Å². The highest BCUT2D eigenvalue weighted by molar-refractivity contribution is 5.54. The van der Waals surface area contributed by atoms with E-state index < -0.39 is 0 Å². The van der Waals surface area contributed by atoms with Crippen molar-refractivity contribution in [3.8, 4) is 0 Å². The zero-order valence-electron chi connectivity index (χ0n) is 12.6. The van der Waals surface area contributed by atoms with Crippen molar-refractivity contribution in [3.63, 3.8) is 0 Å². The summed E-state index contributed by atoms with van der Waals surface area (Å²) in [6.07, 6.45) is 5.27. The molecule has 0 saturated carbocycles. The van der Waals surface area contributed by atoms with Crippen molar-refractivity contribution in [3.05, 3.63) is 42.1 Å². The highest BCUT2D eigenvalue weighted by Crippen LogP contribution is 2.30. The van der Waals surface area contributed by atoms with Crippen LogP contribution in [0.2, 0.25) is 0 Å². The lowest BCUT2D eigenvalue weighted by molar-refractivity contribution is 0.221. The van der Waals surface area contributed by atoms with Gasteiger partial charge in [0, 0.05) is 24.5 Å². The first-order valence-corrected chi connectivity index (χ1v) is 7.99. The zero-order chi connectivity index (χ0) is 13.9. The topological polar surface area (TPSA) is 6.48 Å². The number of piperidine rings is 1. The fraction of sp³-hybridized carbons (Fsp3) is 0.556. The van der Waals surface area contributed by atoms with Crippen LogP contribution in [0.15, 0.2) is 36.5 Å². The van der Waals surface area contributed by atoms with Crippen LogP contribution >= 0.6 is 0 Å². The molecule has 2 saturated heterocycles. The van der Waals surface area contributed by atoms with Crippen LogP contribution in [0.5, 0.6) is 0 Å². The van der Waals surface area contributed by atoms with Gasteiger partial charge in [-0.25, -0.2) is 0 Å². The van der Waals surface area contributed by atoms with Crippen molar-refractivity contribution in [2.24, 2.45) is 5.92 Å². The summed E-state index contributed by atoms with van der Waals surface area (Å²) in [7, 11) is 0. The molecule has 20 heavy (non-hydrogen) atoms. The van der Waals surface area contributed by atoms with Gasteiger partial charge in [0.1, 0.15) is 0 Å². The van der Waals surface area contributed by atoms with Crippen LogP contribution in [0, 0.1) is 5.92 Å². The van der Waals surface area contributed by atoms with E-state index in [0.717, 1.165) is 25.4 Å². The summed E-state index contributed by atoms with van der Waals surface area (Å²) in [6.45, 7) is 11.3. The molecule has 2 heteroatoms. The third-order valence-corrected chi connectivity index (χ3v) is 4.56.